The van der Waals surface area contributed by atoms with Gasteiger partial charge in [0.05, 0.1) is 5.25 Å². The summed E-state index contributed by atoms with van der Waals surface area (Å²) in [4.78, 5) is 28.5. The van der Waals surface area contributed by atoms with E-state index in [1.165, 1.54) is 5.56 Å². The smallest absolute Gasteiger partial charge is 0.317 e. The second kappa shape index (κ2) is 8.61. The van der Waals surface area contributed by atoms with Gasteiger partial charge in [0.15, 0.2) is 0 Å². The maximum Gasteiger partial charge on any atom is 0.317 e. The molecule has 1 aliphatic heterocycles. The van der Waals surface area contributed by atoms with Gasteiger partial charge in [0.1, 0.15) is 5.37 Å². The first-order valence-electron chi connectivity index (χ1n) is 8.91. The molecule has 0 bridgehead atoms. The summed E-state index contributed by atoms with van der Waals surface area (Å²) in [7, 11) is 0. The Labute approximate surface area is 155 Å². The monoisotopic (exact) mass is 363 g/mol. The molecule has 0 spiro atoms. The lowest BCUT2D eigenvalue weighted by molar-refractivity contribution is -0.129. The number of benzene rings is 1. The zero-order valence-electron chi connectivity index (χ0n) is 15.8. The summed E-state index contributed by atoms with van der Waals surface area (Å²) in [5, 5.41) is 2.89. The number of carbonyl (C=O) groups is 2. The highest BCUT2D eigenvalue weighted by Crippen LogP contribution is 2.42. The molecule has 25 heavy (non-hydrogen) atoms. The van der Waals surface area contributed by atoms with E-state index in [1.54, 1.807) is 16.7 Å². The van der Waals surface area contributed by atoms with Crippen LogP contribution in [-0.4, -0.2) is 52.7 Å². The topological polar surface area (TPSA) is 52.7 Å². The number of thioether (sulfide) groups is 1. The summed E-state index contributed by atoms with van der Waals surface area (Å²) in [6.45, 7) is 11.6. The Hall–Kier alpha value is -1.69. The number of hydrogen-bond acceptors (Lipinski definition) is 3. The molecule has 5 nitrogen and oxygen atoms in total. The minimum absolute atomic E-state index is 0.0231. The number of nitrogens with one attached hydrogen (secondary N) is 1. The minimum Gasteiger partial charge on any atom is -0.336 e. The van der Waals surface area contributed by atoms with E-state index in [2.05, 4.69) is 36.5 Å². The zero-order valence-corrected chi connectivity index (χ0v) is 16.6. The molecule has 0 aliphatic carbocycles. The number of amides is 3. The van der Waals surface area contributed by atoms with Crippen LogP contribution >= 0.6 is 11.8 Å². The first kappa shape index (κ1) is 19.6. The lowest BCUT2D eigenvalue weighted by Crippen LogP contribution is -2.46. The minimum atomic E-state index is -0.0725. The number of nitrogens with zero attached hydrogens (tertiary/aromatic N) is 2. The van der Waals surface area contributed by atoms with Gasteiger partial charge >= 0.3 is 6.03 Å². The van der Waals surface area contributed by atoms with Crippen molar-refractivity contribution >= 4 is 23.7 Å². The van der Waals surface area contributed by atoms with Crippen LogP contribution in [0.1, 0.15) is 44.2 Å². The van der Waals surface area contributed by atoms with E-state index >= 15 is 0 Å². The molecule has 3 amide bonds. The predicted octanol–water partition coefficient (Wildman–Crippen LogP) is 3.40. The van der Waals surface area contributed by atoms with Crippen LogP contribution in [0.4, 0.5) is 4.79 Å². The SMILES string of the molecule is CCN(CCN1C(=O)[C@@H](C)S[C@@H]1c1ccc(C)cc1)C(=O)NC(C)C. The predicted molar refractivity (Wildman–Crippen MR) is 104 cm³/mol. The highest BCUT2D eigenvalue weighted by atomic mass is 32.2. The van der Waals surface area contributed by atoms with Crippen molar-refractivity contribution < 1.29 is 9.59 Å². The number of carbonyl (C=O) groups excluding carboxylic acids is 2. The van der Waals surface area contributed by atoms with Gasteiger partial charge in [-0.25, -0.2) is 4.79 Å². The van der Waals surface area contributed by atoms with E-state index in [4.69, 9.17) is 0 Å². The second-order valence-electron chi connectivity index (χ2n) is 6.76. The first-order chi connectivity index (χ1) is 11.8. The summed E-state index contributed by atoms with van der Waals surface area (Å²) < 4.78 is 0. The number of likely N-dealkylation sites (N-methyl/N-ethyl adjacent to an activating group) is 1. The summed E-state index contributed by atoms with van der Waals surface area (Å²) in [5.41, 5.74) is 2.35. The Kier molecular flexibility index (Phi) is 6.76. The van der Waals surface area contributed by atoms with Crippen LogP contribution in [0.3, 0.4) is 0 Å². The fourth-order valence-corrected chi connectivity index (χ4v) is 4.17. The van der Waals surface area contributed by atoms with E-state index in [0.717, 1.165) is 5.56 Å². The highest BCUT2D eigenvalue weighted by Gasteiger charge is 2.38. The lowest BCUT2D eigenvalue weighted by atomic mass is 10.1. The van der Waals surface area contributed by atoms with E-state index in [1.807, 2.05) is 32.6 Å². The van der Waals surface area contributed by atoms with E-state index in [-0.39, 0.29) is 28.6 Å². The van der Waals surface area contributed by atoms with Crippen molar-refractivity contribution in [1.82, 2.24) is 15.1 Å². The summed E-state index contributed by atoms with van der Waals surface area (Å²) in [6, 6.07) is 8.37. The van der Waals surface area contributed by atoms with Crippen molar-refractivity contribution in [3.05, 3.63) is 35.4 Å². The number of aryl methyl sites for hydroxylation is 1. The van der Waals surface area contributed by atoms with Crippen LogP contribution in [0.5, 0.6) is 0 Å². The maximum atomic E-state index is 12.6. The third-order valence-electron chi connectivity index (χ3n) is 4.30. The van der Waals surface area contributed by atoms with Crippen LogP contribution < -0.4 is 5.32 Å². The van der Waals surface area contributed by atoms with Crippen molar-refractivity contribution in [2.45, 2.75) is 51.3 Å². The third kappa shape index (κ3) is 4.91. The standard InChI is InChI=1S/C19H29N3O2S/c1-6-21(19(24)20-13(2)3)11-12-22-17(23)15(5)25-18(22)16-9-7-14(4)8-10-16/h7-10,13,15,18H,6,11-12H2,1-5H3,(H,20,24)/t15-,18-/m1/s1. The maximum absolute atomic E-state index is 12.6. The Bertz CT molecular complexity index is 603. The Balaban J connectivity index is 2.07. The van der Waals surface area contributed by atoms with Gasteiger partial charge in [0.2, 0.25) is 5.91 Å². The highest BCUT2D eigenvalue weighted by molar-refractivity contribution is 8.01. The molecule has 6 heteroatoms. The van der Waals surface area contributed by atoms with Crippen molar-refractivity contribution in [3.8, 4) is 0 Å². The van der Waals surface area contributed by atoms with Crippen LogP contribution in [-0.2, 0) is 4.79 Å². The Morgan fingerprint density at radius 2 is 1.96 bits per heavy atom. The van der Waals surface area contributed by atoms with Crippen molar-refractivity contribution in [2.24, 2.45) is 0 Å². The van der Waals surface area contributed by atoms with Crippen molar-refractivity contribution in [3.63, 3.8) is 0 Å². The normalized spacial score (nSPS) is 20.2. The number of hydrogen-bond donors (Lipinski definition) is 1. The summed E-state index contributed by atoms with van der Waals surface area (Å²) in [5.74, 6) is 0.149. The average molecular weight is 364 g/mol. The summed E-state index contributed by atoms with van der Waals surface area (Å²) >= 11 is 1.68. The molecule has 1 saturated heterocycles. The molecule has 138 valence electrons. The van der Waals surface area contributed by atoms with E-state index in [0.29, 0.717) is 19.6 Å². The second-order valence-corrected chi connectivity index (χ2v) is 8.18. The van der Waals surface area contributed by atoms with Crippen LogP contribution in [0, 0.1) is 6.92 Å². The van der Waals surface area contributed by atoms with Gasteiger partial charge in [-0.05, 0) is 40.2 Å². The molecule has 2 atom stereocenters. The van der Waals surface area contributed by atoms with E-state index in [9.17, 15) is 9.59 Å². The van der Waals surface area contributed by atoms with Crippen molar-refractivity contribution in [2.75, 3.05) is 19.6 Å². The molecule has 0 radical (unpaired) electrons. The van der Waals surface area contributed by atoms with Gasteiger partial charge in [-0.1, -0.05) is 29.8 Å². The molecule has 1 aliphatic rings. The van der Waals surface area contributed by atoms with Gasteiger partial charge < -0.3 is 15.1 Å². The largest absolute Gasteiger partial charge is 0.336 e. The van der Waals surface area contributed by atoms with Crippen LogP contribution in [0.2, 0.25) is 0 Å². The molecular weight excluding hydrogens is 334 g/mol. The van der Waals surface area contributed by atoms with Gasteiger partial charge in [-0.2, -0.15) is 0 Å². The first-order valence-corrected chi connectivity index (χ1v) is 9.85. The number of rotatable bonds is 6. The van der Waals surface area contributed by atoms with E-state index < -0.39 is 0 Å². The lowest BCUT2D eigenvalue weighted by Gasteiger charge is -2.28. The quantitative estimate of drug-likeness (QED) is 0.843. The molecule has 1 aromatic rings. The fourth-order valence-electron chi connectivity index (χ4n) is 2.86. The molecule has 1 fully saturated rings. The van der Waals surface area contributed by atoms with Gasteiger partial charge in [0.25, 0.3) is 0 Å². The van der Waals surface area contributed by atoms with Gasteiger partial charge in [-0.15, -0.1) is 11.8 Å². The Morgan fingerprint density at radius 3 is 2.52 bits per heavy atom. The average Bonchev–Trinajstić information content (AvgIpc) is 2.83. The molecule has 2 rings (SSSR count). The summed E-state index contributed by atoms with van der Waals surface area (Å²) in [6.07, 6.45) is 0. The van der Waals surface area contributed by atoms with Crippen LogP contribution in [0.25, 0.3) is 0 Å². The van der Waals surface area contributed by atoms with Gasteiger partial charge in [0, 0.05) is 25.7 Å². The van der Waals surface area contributed by atoms with Gasteiger partial charge in [-0.3, -0.25) is 4.79 Å². The Morgan fingerprint density at radius 1 is 1.32 bits per heavy atom. The molecule has 1 aromatic carbocycles. The molecule has 1 N–H and O–H groups in total. The van der Waals surface area contributed by atoms with Crippen LogP contribution in [0.15, 0.2) is 24.3 Å². The number of urea groups is 1. The molecule has 0 aromatic heterocycles. The van der Waals surface area contributed by atoms with Crippen molar-refractivity contribution in [1.29, 1.82) is 0 Å². The fraction of sp³-hybridized carbons (Fsp3) is 0.579. The molecule has 0 unspecified atom stereocenters. The molecule has 0 saturated carbocycles. The third-order valence-corrected chi connectivity index (χ3v) is 5.70. The molecule has 1 heterocycles. The molecular formula is C19H29N3O2S. The zero-order chi connectivity index (χ0) is 18.6.